The highest BCUT2D eigenvalue weighted by atomic mass is 16.8. The van der Waals surface area contributed by atoms with E-state index in [0.29, 0.717) is 37.3 Å². The largest absolute Gasteiger partial charge is 0.443 e. The van der Waals surface area contributed by atoms with Crippen LogP contribution in [0.25, 0.3) is 0 Å². The fraction of sp³-hybridized carbons (Fsp3) is 0.542. The smallest absolute Gasteiger partial charge is 0.417 e. The van der Waals surface area contributed by atoms with Gasteiger partial charge in [-0.15, -0.1) is 0 Å². The van der Waals surface area contributed by atoms with Gasteiger partial charge in [-0.3, -0.25) is 0 Å². The number of anilines is 1. The molecule has 0 saturated carbocycles. The van der Waals surface area contributed by atoms with E-state index in [1.54, 1.807) is 26.8 Å². The molecule has 0 radical (unpaired) electrons. The Balaban J connectivity index is 1.90. The van der Waals surface area contributed by atoms with Crippen LogP contribution in [0.1, 0.15) is 58.9 Å². The molecule has 6 heteroatoms. The number of allylic oxidation sites excluding steroid dienone is 4. The Morgan fingerprint density at radius 1 is 1.20 bits per heavy atom. The van der Waals surface area contributed by atoms with Crippen LogP contribution in [0.3, 0.4) is 0 Å². The summed E-state index contributed by atoms with van der Waals surface area (Å²) >= 11 is 0. The number of carbonyl (C=O) groups is 1. The lowest BCUT2D eigenvalue weighted by atomic mass is 9.93. The van der Waals surface area contributed by atoms with Crippen molar-refractivity contribution in [3.63, 3.8) is 0 Å². The summed E-state index contributed by atoms with van der Waals surface area (Å²) in [7, 11) is 0. The number of benzene rings is 1. The van der Waals surface area contributed by atoms with E-state index in [-0.39, 0.29) is 0 Å². The minimum Gasteiger partial charge on any atom is -0.443 e. The third-order valence-electron chi connectivity index (χ3n) is 5.25. The number of ether oxygens (including phenoxy) is 3. The van der Waals surface area contributed by atoms with Crippen molar-refractivity contribution < 1.29 is 24.1 Å². The Labute approximate surface area is 179 Å². The van der Waals surface area contributed by atoms with Crippen LogP contribution in [-0.4, -0.2) is 35.7 Å². The summed E-state index contributed by atoms with van der Waals surface area (Å²) in [6.07, 6.45) is 10.2. The quantitative estimate of drug-likeness (QED) is 0.522. The molecule has 2 aliphatic heterocycles. The van der Waals surface area contributed by atoms with Gasteiger partial charge in [0.1, 0.15) is 5.60 Å². The first kappa shape index (κ1) is 22.5. The van der Waals surface area contributed by atoms with E-state index in [9.17, 15) is 9.90 Å². The third-order valence-corrected chi connectivity index (χ3v) is 5.25. The van der Waals surface area contributed by atoms with E-state index in [1.807, 2.05) is 43.4 Å². The van der Waals surface area contributed by atoms with Crippen LogP contribution < -0.4 is 4.90 Å². The van der Waals surface area contributed by atoms with Gasteiger partial charge in [-0.1, -0.05) is 42.5 Å². The summed E-state index contributed by atoms with van der Waals surface area (Å²) in [6, 6.07) is 7.33. The predicted molar refractivity (Wildman–Crippen MR) is 116 cm³/mol. The molecule has 1 amide bonds. The standard InChI is InChI=1S/C24H33NO5/c1-5-6-7-8-9-10-13-16-23(27)24(28-17-18-29-24)19-14-11-12-15-20(19)25(23)21(26)30-22(2,3)4/h5-8,11-12,14-15,27H,9-10,13,16-18H2,1-4H3/b6-5+,8-7+. The van der Waals surface area contributed by atoms with E-state index < -0.39 is 23.2 Å². The van der Waals surface area contributed by atoms with Crippen LogP contribution in [0.15, 0.2) is 48.6 Å². The molecule has 1 aromatic carbocycles. The molecule has 1 spiro atoms. The molecule has 0 bridgehead atoms. The lowest BCUT2D eigenvalue weighted by Gasteiger charge is -2.42. The number of para-hydroxylation sites is 1. The number of rotatable bonds is 6. The van der Waals surface area contributed by atoms with Crippen molar-refractivity contribution in [2.45, 2.75) is 70.5 Å². The molecule has 30 heavy (non-hydrogen) atoms. The van der Waals surface area contributed by atoms with Crippen LogP contribution in [0.2, 0.25) is 0 Å². The second kappa shape index (κ2) is 8.92. The van der Waals surface area contributed by atoms with Gasteiger partial charge < -0.3 is 19.3 Å². The monoisotopic (exact) mass is 415 g/mol. The second-order valence-corrected chi connectivity index (χ2v) is 8.66. The Hall–Kier alpha value is -2.15. The zero-order valence-electron chi connectivity index (χ0n) is 18.4. The van der Waals surface area contributed by atoms with Crippen molar-refractivity contribution in [2.75, 3.05) is 18.1 Å². The van der Waals surface area contributed by atoms with Crippen LogP contribution in [-0.2, 0) is 20.0 Å². The van der Waals surface area contributed by atoms with Gasteiger partial charge in [0, 0.05) is 12.0 Å². The predicted octanol–water partition coefficient (Wildman–Crippen LogP) is 5.02. The molecule has 1 atom stereocenters. The van der Waals surface area contributed by atoms with Crippen LogP contribution in [0.4, 0.5) is 10.5 Å². The molecule has 1 unspecified atom stereocenters. The summed E-state index contributed by atoms with van der Waals surface area (Å²) in [4.78, 5) is 14.5. The molecule has 1 fully saturated rings. The molecule has 164 valence electrons. The number of hydrogen-bond donors (Lipinski definition) is 1. The minimum atomic E-state index is -1.69. The van der Waals surface area contributed by atoms with Crippen LogP contribution in [0, 0.1) is 0 Å². The van der Waals surface area contributed by atoms with Gasteiger partial charge in [-0.05, 0) is 53.0 Å². The fourth-order valence-corrected chi connectivity index (χ4v) is 4.06. The van der Waals surface area contributed by atoms with Gasteiger partial charge in [0.25, 0.3) is 0 Å². The normalized spacial score (nSPS) is 23.0. The maximum atomic E-state index is 13.2. The zero-order valence-corrected chi connectivity index (χ0v) is 18.4. The lowest BCUT2D eigenvalue weighted by molar-refractivity contribution is -0.271. The van der Waals surface area contributed by atoms with Crippen molar-refractivity contribution in [1.82, 2.24) is 0 Å². The van der Waals surface area contributed by atoms with Gasteiger partial charge >= 0.3 is 6.09 Å². The number of aliphatic hydroxyl groups is 1. The Bertz CT molecular complexity index is 804. The molecular weight excluding hydrogens is 382 g/mol. The highest BCUT2D eigenvalue weighted by Gasteiger charge is 2.67. The average molecular weight is 416 g/mol. The van der Waals surface area contributed by atoms with Gasteiger partial charge in [0.2, 0.25) is 11.5 Å². The van der Waals surface area contributed by atoms with Crippen molar-refractivity contribution in [3.8, 4) is 0 Å². The Morgan fingerprint density at radius 2 is 1.90 bits per heavy atom. The van der Waals surface area contributed by atoms with Gasteiger partial charge in [-0.25, -0.2) is 9.69 Å². The van der Waals surface area contributed by atoms with E-state index in [1.165, 1.54) is 4.90 Å². The Kier molecular flexibility index (Phi) is 6.70. The molecule has 1 aromatic rings. The first-order valence-corrected chi connectivity index (χ1v) is 10.7. The second-order valence-electron chi connectivity index (χ2n) is 8.66. The number of unbranched alkanes of at least 4 members (excludes halogenated alkanes) is 2. The molecule has 2 aliphatic rings. The molecular formula is C24H33NO5. The van der Waals surface area contributed by atoms with Crippen molar-refractivity contribution in [2.24, 2.45) is 0 Å². The van der Waals surface area contributed by atoms with Crippen molar-refractivity contribution in [1.29, 1.82) is 0 Å². The van der Waals surface area contributed by atoms with E-state index in [2.05, 4.69) is 6.08 Å². The summed E-state index contributed by atoms with van der Waals surface area (Å²) in [5, 5.41) is 12.0. The maximum Gasteiger partial charge on any atom is 0.417 e. The molecule has 0 aliphatic carbocycles. The Morgan fingerprint density at radius 3 is 2.57 bits per heavy atom. The van der Waals surface area contributed by atoms with E-state index in [4.69, 9.17) is 14.2 Å². The topological polar surface area (TPSA) is 68.2 Å². The third kappa shape index (κ3) is 4.17. The molecule has 2 heterocycles. The van der Waals surface area contributed by atoms with Gasteiger partial charge in [-0.2, -0.15) is 0 Å². The number of carbonyl (C=O) groups excluding carboxylic acids is 1. The van der Waals surface area contributed by atoms with E-state index >= 15 is 0 Å². The SMILES string of the molecule is C/C=C/C=C/CCCCC1(O)N(C(=O)OC(C)(C)C)c2ccccc2C12OCCO2. The minimum absolute atomic E-state index is 0.304. The van der Waals surface area contributed by atoms with Crippen molar-refractivity contribution >= 4 is 11.8 Å². The summed E-state index contributed by atoms with van der Waals surface area (Å²) in [5.74, 6) is -1.40. The summed E-state index contributed by atoms with van der Waals surface area (Å²) < 4.78 is 17.7. The fourth-order valence-electron chi connectivity index (χ4n) is 4.06. The number of fused-ring (bicyclic) bond motifs is 2. The summed E-state index contributed by atoms with van der Waals surface area (Å²) in [5.41, 5.74) is -1.17. The zero-order chi connectivity index (χ0) is 21.8. The van der Waals surface area contributed by atoms with E-state index in [0.717, 1.165) is 12.8 Å². The summed E-state index contributed by atoms with van der Waals surface area (Å²) in [6.45, 7) is 8.10. The van der Waals surface area contributed by atoms with Crippen LogP contribution >= 0.6 is 0 Å². The van der Waals surface area contributed by atoms with Crippen molar-refractivity contribution in [3.05, 3.63) is 54.1 Å². The number of nitrogens with zero attached hydrogens (tertiary/aromatic N) is 1. The number of hydrogen-bond acceptors (Lipinski definition) is 5. The first-order valence-electron chi connectivity index (χ1n) is 10.7. The van der Waals surface area contributed by atoms with Crippen LogP contribution in [0.5, 0.6) is 0 Å². The number of amides is 1. The molecule has 0 aromatic heterocycles. The van der Waals surface area contributed by atoms with Gasteiger partial charge in [0.05, 0.1) is 18.9 Å². The highest BCUT2D eigenvalue weighted by Crippen LogP contribution is 2.56. The molecule has 1 saturated heterocycles. The first-order chi connectivity index (χ1) is 14.3. The maximum absolute atomic E-state index is 13.2. The molecule has 1 N–H and O–H groups in total. The van der Waals surface area contributed by atoms with Gasteiger partial charge in [0.15, 0.2) is 0 Å². The lowest BCUT2D eigenvalue weighted by Crippen LogP contribution is -2.61. The molecule has 6 nitrogen and oxygen atoms in total. The highest BCUT2D eigenvalue weighted by molar-refractivity contribution is 5.93. The molecule has 3 rings (SSSR count). The average Bonchev–Trinajstić information content (AvgIpc) is 3.24.